The van der Waals surface area contributed by atoms with Crippen LogP contribution in [0.15, 0.2) is 0 Å². The Bertz CT molecular complexity index is 156. The van der Waals surface area contributed by atoms with E-state index in [2.05, 4.69) is 20.8 Å². The molecular formula is C10H22NO2+. The van der Waals surface area contributed by atoms with Crippen molar-refractivity contribution in [2.75, 3.05) is 19.6 Å². The van der Waals surface area contributed by atoms with Crippen LogP contribution in [0.25, 0.3) is 0 Å². The van der Waals surface area contributed by atoms with Gasteiger partial charge in [-0.1, -0.05) is 6.92 Å². The molecule has 0 amide bonds. The van der Waals surface area contributed by atoms with Crippen molar-refractivity contribution in [1.29, 1.82) is 0 Å². The molecule has 0 aromatic heterocycles. The molecule has 0 aromatic carbocycles. The van der Waals surface area contributed by atoms with E-state index in [4.69, 9.17) is 5.11 Å². The molecule has 13 heavy (non-hydrogen) atoms. The monoisotopic (exact) mass is 188 g/mol. The van der Waals surface area contributed by atoms with Gasteiger partial charge in [-0.3, -0.25) is 0 Å². The second kappa shape index (κ2) is 5.22. The summed E-state index contributed by atoms with van der Waals surface area (Å²) in [6.07, 6.45) is 0.713. The van der Waals surface area contributed by atoms with Crippen molar-refractivity contribution >= 4 is 5.97 Å². The van der Waals surface area contributed by atoms with Crippen LogP contribution in [0.5, 0.6) is 0 Å². The van der Waals surface area contributed by atoms with Gasteiger partial charge in [0.05, 0.1) is 19.6 Å². The molecular weight excluding hydrogens is 166 g/mol. The number of hydrogen-bond acceptors (Lipinski definition) is 1. The third kappa shape index (κ3) is 2.44. The highest BCUT2D eigenvalue weighted by Gasteiger charge is 2.36. The highest BCUT2D eigenvalue weighted by molar-refractivity contribution is 5.72. The van der Waals surface area contributed by atoms with E-state index in [1.807, 2.05) is 6.92 Å². The van der Waals surface area contributed by atoms with Crippen molar-refractivity contribution in [2.45, 2.75) is 40.2 Å². The minimum atomic E-state index is -0.659. The molecule has 0 rings (SSSR count). The third-order valence-corrected chi connectivity index (χ3v) is 3.22. The van der Waals surface area contributed by atoms with Crippen LogP contribution in [0.2, 0.25) is 0 Å². The first-order valence-corrected chi connectivity index (χ1v) is 5.16. The largest absolute Gasteiger partial charge is 0.477 e. The molecule has 0 radical (unpaired) electrons. The zero-order valence-electron chi connectivity index (χ0n) is 9.21. The number of carboxylic acid groups (broad SMARTS) is 1. The quantitative estimate of drug-likeness (QED) is 0.644. The summed E-state index contributed by atoms with van der Waals surface area (Å²) in [5, 5.41) is 9.09. The summed E-state index contributed by atoms with van der Waals surface area (Å²) in [5.41, 5.74) is 0. The number of carbonyl (C=O) groups is 1. The standard InChI is InChI=1S/C10H21NO2/c1-5-9(10(12)13)11(6-2,7-3)8-4/h9H,5-8H2,1-4H3/p+1. The molecule has 1 N–H and O–H groups in total. The van der Waals surface area contributed by atoms with Crippen molar-refractivity contribution in [1.82, 2.24) is 0 Å². The predicted octanol–water partition coefficient (Wildman–Crippen LogP) is 1.73. The Labute approximate surface area is 80.9 Å². The summed E-state index contributed by atoms with van der Waals surface area (Å²) in [6.45, 7) is 10.9. The summed E-state index contributed by atoms with van der Waals surface area (Å²) in [5.74, 6) is -0.659. The molecule has 3 heteroatoms. The number of hydrogen-bond donors (Lipinski definition) is 1. The van der Waals surface area contributed by atoms with Crippen LogP contribution in [0.1, 0.15) is 34.1 Å². The van der Waals surface area contributed by atoms with Crippen molar-refractivity contribution in [3.05, 3.63) is 0 Å². The van der Waals surface area contributed by atoms with Crippen LogP contribution in [-0.2, 0) is 4.79 Å². The van der Waals surface area contributed by atoms with E-state index in [0.717, 1.165) is 19.6 Å². The number of likely N-dealkylation sites (N-methyl/N-ethyl adjacent to an activating group) is 1. The second-order valence-electron chi connectivity index (χ2n) is 3.43. The summed E-state index contributed by atoms with van der Waals surface area (Å²) in [4.78, 5) is 11.0. The minimum Gasteiger partial charge on any atom is -0.477 e. The topological polar surface area (TPSA) is 37.3 Å². The highest BCUT2D eigenvalue weighted by Crippen LogP contribution is 2.16. The normalized spacial score (nSPS) is 14.2. The van der Waals surface area contributed by atoms with Gasteiger partial charge in [-0.15, -0.1) is 0 Å². The lowest BCUT2D eigenvalue weighted by Gasteiger charge is -2.40. The number of quaternary nitrogens is 1. The van der Waals surface area contributed by atoms with Crippen LogP contribution >= 0.6 is 0 Å². The van der Waals surface area contributed by atoms with E-state index in [1.165, 1.54) is 0 Å². The minimum absolute atomic E-state index is 0.236. The molecule has 78 valence electrons. The first-order chi connectivity index (χ1) is 6.07. The average molecular weight is 188 g/mol. The third-order valence-electron chi connectivity index (χ3n) is 3.22. The summed E-state index contributed by atoms with van der Waals surface area (Å²) < 4.78 is 0.700. The van der Waals surface area contributed by atoms with Crippen LogP contribution in [0, 0.1) is 0 Å². The molecule has 0 heterocycles. The molecule has 0 spiro atoms. The zero-order chi connectivity index (χ0) is 10.5. The van der Waals surface area contributed by atoms with E-state index in [-0.39, 0.29) is 6.04 Å². The fraction of sp³-hybridized carbons (Fsp3) is 0.900. The van der Waals surface area contributed by atoms with Crippen molar-refractivity contribution in [2.24, 2.45) is 0 Å². The summed E-state index contributed by atoms with van der Waals surface area (Å²) in [7, 11) is 0. The van der Waals surface area contributed by atoms with Gasteiger partial charge in [-0.25, -0.2) is 4.79 Å². The van der Waals surface area contributed by atoms with E-state index in [0.29, 0.717) is 10.9 Å². The Morgan fingerprint density at radius 1 is 1.15 bits per heavy atom. The number of carboxylic acids is 1. The highest BCUT2D eigenvalue weighted by atomic mass is 16.4. The molecule has 0 fully saturated rings. The maximum Gasteiger partial charge on any atom is 0.362 e. The van der Waals surface area contributed by atoms with Gasteiger partial charge < -0.3 is 9.59 Å². The summed E-state index contributed by atoms with van der Waals surface area (Å²) >= 11 is 0. The van der Waals surface area contributed by atoms with Crippen LogP contribution < -0.4 is 0 Å². The van der Waals surface area contributed by atoms with Gasteiger partial charge in [0, 0.05) is 6.42 Å². The average Bonchev–Trinajstić information content (AvgIpc) is 2.13. The van der Waals surface area contributed by atoms with E-state index >= 15 is 0 Å². The molecule has 0 aliphatic heterocycles. The lowest BCUT2D eigenvalue weighted by Crippen LogP contribution is -2.58. The number of rotatable bonds is 6. The van der Waals surface area contributed by atoms with Crippen molar-refractivity contribution < 1.29 is 14.4 Å². The number of nitrogens with zero attached hydrogens (tertiary/aromatic N) is 1. The lowest BCUT2D eigenvalue weighted by molar-refractivity contribution is -0.938. The zero-order valence-corrected chi connectivity index (χ0v) is 9.21. The van der Waals surface area contributed by atoms with Crippen LogP contribution in [0.4, 0.5) is 0 Å². The van der Waals surface area contributed by atoms with Crippen LogP contribution in [-0.4, -0.2) is 41.2 Å². The fourth-order valence-electron chi connectivity index (χ4n) is 2.13. The van der Waals surface area contributed by atoms with Crippen molar-refractivity contribution in [3.63, 3.8) is 0 Å². The van der Waals surface area contributed by atoms with Gasteiger partial charge in [-0.2, -0.15) is 0 Å². The maximum atomic E-state index is 11.0. The second-order valence-corrected chi connectivity index (χ2v) is 3.43. The van der Waals surface area contributed by atoms with Gasteiger partial charge in [0.15, 0.2) is 6.04 Å². The SMILES string of the molecule is CCC(C(=O)O)[N+](CC)(CC)CC. The molecule has 0 aliphatic rings. The Balaban J connectivity index is 4.76. The molecule has 3 nitrogen and oxygen atoms in total. The van der Waals surface area contributed by atoms with Gasteiger partial charge in [0.25, 0.3) is 0 Å². The van der Waals surface area contributed by atoms with Crippen LogP contribution in [0.3, 0.4) is 0 Å². The van der Waals surface area contributed by atoms with Gasteiger partial charge >= 0.3 is 5.97 Å². The smallest absolute Gasteiger partial charge is 0.362 e. The molecule has 0 saturated heterocycles. The molecule has 0 aliphatic carbocycles. The van der Waals surface area contributed by atoms with Gasteiger partial charge in [0.2, 0.25) is 0 Å². The first-order valence-electron chi connectivity index (χ1n) is 5.16. The first kappa shape index (κ1) is 12.4. The molecule has 1 atom stereocenters. The Morgan fingerprint density at radius 3 is 1.62 bits per heavy atom. The molecule has 0 bridgehead atoms. The van der Waals surface area contributed by atoms with Gasteiger partial charge in [-0.05, 0) is 20.8 Å². The van der Waals surface area contributed by atoms with Crippen molar-refractivity contribution in [3.8, 4) is 0 Å². The number of aliphatic carboxylic acids is 1. The van der Waals surface area contributed by atoms with E-state index < -0.39 is 5.97 Å². The Hall–Kier alpha value is -0.570. The maximum absolute atomic E-state index is 11.0. The predicted molar refractivity (Wildman–Crippen MR) is 53.6 cm³/mol. The van der Waals surface area contributed by atoms with Gasteiger partial charge in [0.1, 0.15) is 0 Å². The summed E-state index contributed by atoms with van der Waals surface area (Å²) in [6, 6.07) is -0.236. The lowest BCUT2D eigenvalue weighted by atomic mass is 10.1. The Morgan fingerprint density at radius 2 is 1.54 bits per heavy atom. The molecule has 1 unspecified atom stereocenters. The van der Waals surface area contributed by atoms with E-state index in [9.17, 15) is 4.79 Å². The fourth-order valence-corrected chi connectivity index (χ4v) is 2.13. The Kier molecular flexibility index (Phi) is 4.99. The van der Waals surface area contributed by atoms with E-state index in [1.54, 1.807) is 0 Å². The molecule has 0 aromatic rings. The molecule has 0 saturated carbocycles.